The average Bonchev–Trinajstić information content (AvgIpc) is 2.75. The molecule has 0 aliphatic rings. The fraction of sp³-hybridized carbons (Fsp3) is 0.467. The SMILES string of the molecule is CCc1nn(CC)c(CC(N)c2cnccc2C)c1Cl. The van der Waals surface area contributed by atoms with Crippen LogP contribution in [0.4, 0.5) is 0 Å². The van der Waals surface area contributed by atoms with Gasteiger partial charge in [-0.2, -0.15) is 5.10 Å². The molecule has 0 spiro atoms. The Bertz CT molecular complexity index is 592. The summed E-state index contributed by atoms with van der Waals surface area (Å²) in [5.41, 5.74) is 10.5. The zero-order chi connectivity index (χ0) is 14.7. The molecule has 108 valence electrons. The summed E-state index contributed by atoms with van der Waals surface area (Å²) < 4.78 is 1.95. The molecule has 20 heavy (non-hydrogen) atoms. The lowest BCUT2D eigenvalue weighted by Crippen LogP contribution is -2.17. The van der Waals surface area contributed by atoms with E-state index in [-0.39, 0.29) is 6.04 Å². The fourth-order valence-electron chi connectivity index (χ4n) is 2.39. The van der Waals surface area contributed by atoms with Crippen LogP contribution in [0, 0.1) is 6.92 Å². The predicted octanol–water partition coefficient (Wildman–Crippen LogP) is 3.06. The van der Waals surface area contributed by atoms with Crippen molar-refractivity contribution in [2.24, 2.45) is 5.73 Å². The lowest BCUT2D eigenvalue weighted by Gasteiger charge is -2.15. The van der Waals surface area contributed by atoms with E-state index < -0.39 is 0 Å². The molecule has 0 saturated heterocycles. The molecule has 0 saturated carbocycles. The summed E-state index contributed by atoms with van der Waals surface area (Å²) in [5.74, 6) is 0. The van der Waals surface area contributed by atoms with Gasteiger partial charge in [0, 0.05) is 31.4 Å². The fourth-order valence-corrected chi connectivity index (χ4v) is 2.74. The third-order valence-electron chi connectivity index (χ3n) is 3.59. The molecule has 2 N–H and O–H groups in total. The van der Waals surface area contributed by atoms with Gasteiger partial charge >= 0.3 is 0 Å². The maximum absolute atomic E-state index is 6.43. The van der Waals surface area contributed by atoms with E-state index in [2.05, 4.69) is 23.9 Å². The van der Waals surface area contributed by atoms with E-state index in [0.717, 1.165) is 40.5 Å². The number of rotatable bonds is 5. The zero-order valence-corrected chi connectivity index (χ0v) is 13.0. The normalized spacial score (nSPS) is 12.7. The van der Waals surface area contributed by atoms with Gasteiger partial charge < -0.3 is 5.73 Å². The van der Waals surface area contributed by atoms with Gasteiger partial charge in [0.25, 0.3) is 0 Å². The van der Waals surface area contributed by atoms with E-state index in [1.165, 1.54) is 0 Å². The van der Waals surface area contributed by atoms with Crippen molar-refractivity contribution < 1.29 is 0 Å². The summed E-state index contributed by atoms with van der Waals surface area (Å²) in [7, 11) is 0. The van der Waals surface area contributed by atoms with E-state index in [9.17, 15) is 0 Å². The maximum atomic E-state index is 6.43. The second-order valence-corrected chi connectivity index (χ2v) is 5.30. The number of hydrogen-bond donors (Lipinski definition) is 1. The van der Waals surface area contributed by atoms with Gasteiger partial charge in [-0.05, 0) is 37.5 Å². The molecule has 4 nitrogen and oxygen atoms in total. The Morgan fingerprint density at radius 2 is 2.15 bits per heavy atom. The van der Waals surface area contributed by atoms with E-state index in [0.29, 0.717) is 6.42 Å². The quantitative estimate of drug-likeness (QED) is 0.921. The molecular formula is C15H21ClN4. The molecule has 0 aromatic carbocycles. The van der Waals surface area contributed by atoms with Gasteiger partial charge in [0.15, 0.2) is 0 Å². The molecule has 2 aromatic rings. The van der Waals surface area contributed by atoms with Crippen LogP contribution in [-0.2, 0) is 19.4 Å². The topological polar surface area (TPSA) is 56.7 Å². The first-order valence-electron chi connectivity index (χ1n) is 6.98. The molecule has 5 heteroatoms. The van der Waals surface area contributed by atoms with Gasteiger partial charge in [0.05, 0.1) is 16.4 Å². The maximum Gasteiger partial charge on any atom is 0.0850 e. The van der Waals surface area contributed by atoms with E-state index >= 15 is 0 Å². The van der Waals surface area contributed by atoms with Crippen LogP contribution in [0.5, 0.6) is 0 Å². The monoisotopic (exact) mass is 292 g/mol. The molecule has 2 heterocycles. The summed E-state index contributed by atoms with van der Waals surface area (Å²) >= 11 is 6.43. The summed E-state index contributed by atoms with van der Waals surface area (Å²) in [4.78, 5) is 4.16. The highest BCUT2D eigenvalue weighted by Crippen LogP contribution is 2.26. The standard InChI is InChI=1S/C15H21ClN4/c1-4-13-15(16)14(20(5-2)19-13)8-12(17)11-9-18-7-6-10(11)3/h6-7,9,12H,4-5,8,17H2,1-3H3. The highest BCUT2D eigenvalue weighted by Gasteiger charge is 2.18. The Labute approximate surface area is 125 Å². The van der Waals surface area contributed by atoms with Gasteiger partial charge in [0.1, 0.15) is 0 Å². The molecule has 0 aliphatic heterocycles. The molecule has 2 rings (SSSR count). The lowest BCUT2D eigenvalue weighted by atomic mass is 10.0. The summed E-state index contributed by atoms with van der Waals surface area (Å²) in [6.45, 7) is 6.97. The first kappa shape index (κ1) is 15.0. The third kappa shape index (κ3) is 2.86. The van der Waals surface area contributed by atoms with Crippen molar-refractivity contribution in [3.8, 4) is 0 Å². The molecule has 0 amide bonds. The highest BCUT2D eigenvalue weighted by molar-refractivity contribution is 6.31. The predicted molar refractivity (Wildman–Crippen MR) is 81.9 cm³/mol. The minimum absolute atomic E-state index is 0.118. The van der Waals surface area contributed by atoms with Crippen molar-refractivity contribution in [3.05, 3.63) is 46.0 Å². The molecule has 1 atom stereocenters. The van der Waals surface area contributed by atoms with Crippen LogP contribution >= 0.6 is 11.6 Å². The summed E-state index contributed by atoms with van der Waals surface area (Å²) in [6.07, 6.45) is 5.12. The molecule has 0 fully saturated rings. The Kier molecular flexibility index (Phi) is 4.78. The Balaban J connectivity index is 2.30. The van der Waals surface area contributed by atoms with Crippen LogP contribution in [0.3, 0.4) is 0 Å². The molecule has 0 radical (unpaired) electrons. The van der Waals surface area contributed by atoms with E-state index in [4.69, 9.17) is 17.3 Å². The summed E-state index contributed by atoms with van der Waals surface area (Å²) in [5, 5.41) is 5.29. The summed E-state index contributed by atoms with van der Waals surface area (Å²) in [6, 6.07) is 1.86. The zero-order valence-electron chi connectivity index (χ0n) is 12.2. The second kappa shape index (κ2) is 6.37. The Morgan fingerprint density at radius 3 is 2.75 bits per heavy atom. The minimum Gasteiger partial charge on any atom is -0.324 e. The number of nitrogens with two attached hydrogens (primary N) is 1. The van der Waals surface area contributed by atoms with Crippen molar-refractivity contribution in [1.29, 1.82) is 0 Å². The van der Waals surface area contributed by atoms with Crippen LogP contribution < -0.4 is 5.73 Å². The largest absolute Gasteiger partial charge is 0.324 e. The van der Waals surface area contributed by atoms with E-state index in [1.54, 1.807) is 6.20 Å². The number of aryl methyl sites for hydroxylation is 3. The van der Waals surface area contributed by atoms with Crippen LogP contribution in [-0.4, -0.2) is 14.8 Å². The van der Waals surface area contributed by atoms with Crippen LogP contribution in [0.15, 0.2) is 18.5 Å². The van der Waals surface area contributed by atoms with Crippen molar-refractivity contribution in [2.75, 3.05) is 0 Å². The lowest BCUT2D eigenvalue weighted by molar-refractivity contribution is 0.584. The van der Waals surface area contributed by atoms with Crippen LogP contribution in [0.1, 0.15) is 42.4 Å². The van der Waals surface area contributed by atoms with Crippen molar-refractivity contribution in [2.45, 2.75) is 46.2 Å². The van der Waals surface area contributed by atoms with Crippen molar-refractivity contribution in [3.63, 3.8) is 0 Å². The molecular weight excluding hydrogens is 272 g/mol. The smallest absolute Gasteiger partial charge is 0.0850 e. The first-order chi connectivity index (χ1) is 9.58. The Hall–Kier alpha value is -1.39. The van der Waals surface area contributed by atoms with E-state index in [1.807, 2.05) is 23.9 Å². The number of aromatic nitrogens is 3. The highest BCUT2D eigenvalue weighted by atomic mass is 35.5. The molecule has 0 bridgehead atoms. The number of nitrogens with zero attached hydrogens (tertiary/aromatic N) is 3. The molecule has 2 aromatic heterocycles. The van der Waals surface area contributed by atoms with Gasteiger partial charge in [0.2, 0.25) is 0 Å². The average molecular weight is 293 g/mol. The van der Waals surface area contributed by atoms with Gasteiger partial charge in [-0.3, -0.25) is 9.67 Å². The van der Waals surface area contributed by atoms with Gasteiger partial charge in [-0.25, -0.2) is 0 Å². The van der Waals surface area contributed by atoms with Crippen molar-refractivity contribution in [1.82, 2.24) is 14.8 Å². The van der Waals surface area contributed by atoms with Gasteiger partial charge in [-0.15, -0.1) is 0 Å². The Morgan fingerprint density at radius 1 is 1.40 bits per heavy atom. The van der Waals surface area contributed by atoms with Crippen LogP contribution in [0.2, 0.25) is 5.02 Å². The van der Waals surface area contributed by atoms with Gasteiger partial charge in [-0.1, -0.05) is 18.5 Å². The van der Waals surface area contributed by atoms with Crippen LogP contribution in [0.25, 0.3) is 0 Å². The number of pyridine rings is 1. The molecule has 1 unspecified atom stereocenters. The first-order valence-corrected chi connectivity index (χ1v) is 7.36. The second-order valence-electron chi connectivity index (χ2n) is 4.92. The molecule has 0 aliphatic carbocycles. The number of halogens is 1. The third-order valence-corrected chi connectivity index (χ3v) is 4.02. The number of hydrogen-bond acceptors (Lipinski definition) is 3. The minimum atomic E-state index is -0.118. The van der Waals surface area contributed by atoms with Crippen molar-refractivity contribution >= 4 is 11.6 Å².